The highest BCUT2D eigenvalue weighted by molar-refractivity contribution is 8.02. The number of sulfone groups is 1. The van der Waals surface area contributed by atoms with E-state index in [9.17, 15) is 31.5 Å². The summed E-state index contributed by atoms with van der Waals surface area (Å²) in [4.78, 5) is 15.7. The summed E-state index contributed by atoms with van der Waals surface area (Å²) in [6.07, 6.45) is -3.08. The molecule has 1 aromatic heterocycles. The van der Waals surface area contributed by atoms with Crippen LogP contribution in [0.25, 0.3) is 10.5 Å². The van der Waals surface area contributed by atoms with E-state index in [-0.39, 0.29) is 30.5 Å². The Balaban J connectivity index is 2.13. The van der Waals surface area contributed by atoms with Crippen molar-refractivity contribution in [3.8, 4) is 0 Å². The molecule has 1 N–H and O–H groups in total. The highest BCUT2D eigenvalue weighted by atomic mass is 32.2. The predicted molar refractivity (Wildman–Crippen MR) is 108 cm³/mol. The molecule has 1 aliphatic carbocycles. The molecule has 1 spiro atoms. The lowest BCUT2D eigenvalue weighted by atomic mass is 9.82. The first-order valence-corrected chi connectivity index (χ1v) is 11.1. The average Bonchev–Trinajstić information content (AvgIpc) is 3.48. The maximum absolute atomic E-state index is 13.8. The maximum atomic E-state index is 13.8. The molecule has 2 aromatic rings. The number of carboxylic acids is 1. The van der Waals surface area contributed by atoms with Crippen molar-refractivity contribution in [2.45, 2.75) is 44.0 Å². The van der Waals surface area contributed by atoms with Crippen molar-refractivity contribution < 1.29 is 31.5 Å². The predicted octanol–water partition coefficient (Wildman–Crippen LogP) is 4.89. The lowest BCUT2D eigenvalue weighted by molar-refractivity contribution is -0.146. The molecule has 164 valence electrons. The number of carboxylic acid groups (broad SMARTS) is 1. The lowest BCUT2D eigenvalue weighted by Gasteiger charge is -2.33. The second-order valence-electron chi connectivity index (χ2n) is 8.61. The normalized spacial score (nSPS) is 19.3. The fourth-order valence-corrected chi connectivity index (χ4v) is 6.64. The highest BCUT2D eigenvalue weighted by Gasteiger charge is 2.62. The molecule has 2 heterocycles. The number of aliphatic carboxylic acids is 1. The second kappa shape index (κ2) is 6.66. The van der Waals surface area contributed by atoms with Gasteiger partial charge in [-0.2, -0.15) is 13.2 Å². The van der Waals surface area contributed by atoms with Crippen LogP contribution >= 0.6 is 0 Å². The van der Waals surface area contributed by atoms with Crippen molar-refractivity contribution in [3.63, 3.8) is 0 Å². The Morgan fingerprint density at radius 3 is 2.35 bits per heavy atom. The second-order valence-corrected chi connectivity index (χ2v) is 10.8. The molecule has 0 amide bonds. The number of rotatable bonds is 4. The first-order chi connectivity index (χ1) is 14.3. The molecular weight excluding hydrogens is 431 g/mol. The van der Waals surface area contributed by atoms with Crippen LogP contribution in [-0.2, 0) is 25.6 Å². The molecular formula is C22H20F3NO4S. The van der Waals surface area contributed by atoms with Crippen LogP contribution in [0.5, 0.6) is 0 Å². The van der Waals surface area contributed by atoms with Gasteiger partial charge in [-0.05, 0) is 56.4 Å². The first-order valence-electron chi connectivity index (χ1n) is 9.66. The molecule has 0 bridgehead atoms. The van der Waals surface area contributed by atoms with Gasteiger partial charge < -0.3 is 5.11 Å². The number of halogens is 3. The van der Waals surface area contributed by atoms with E-state index < -0.39 is 48.2 Å². The van der Waals surface area contributed by atoms with E-state index in [0.717, 1.165) is 12.1 Å². The molecule has 4 rings (SSSR count). The van der Waals surface area contributed by atoms with Crippen molar-refractivity contribution in [3.05, 3.63) is 65.0 Å². The smallest absolute Gasteiger partial charge is 0.417 e. The number of hydrogen-bond donors (Lipinski definition) is 1. The number of pyridine rings is 1. The van der Waals surface area contributed by atoms with Gasteiger partial charge >= 0.3 is 12.1 Å². The van der Waals surface area contributed by atoms with Crippen molar-refractivity contribution >= 4 is 26.3 Å². The molecule has 0 atom stereocenters. The molecule has 0 radical (unpaired) electrons. The number of alkyl halides is 3. The minimum absolute atomic E-state index is 0.0113. The first kappa shape index (κ1) is 21.5. The fraction of sp³-hybridized carbons (Fsp3) is 0.364. The van der Waals surface area contributed by atoms with E-state index in [4.69, 9.17) is 0 Å². The van der Waals surface area contributed by atoms with Gasteiger partial charge in [0.15, 0.2) is 9.84 Å². The number of nitrogens with zero attached hydrogens (tertiary/aromatic N) is 1. The van der Waals surface area contributed by atoms with Crippen LogP contribution in [0.1, 0.15) is 55.5 Å². The SMILES string of the molecule is CC(C)(CC1=C(c2ccccc2C(F)(F)F)S(=O)(=O)C2(CC2)c2cccnc21)C(=O)O. The molecule has 2 aliphatic rings. The monoisotopic (exact) mass is 451 g/mol. The summed E-state index contributed by atoms with van der Waals surface area (Å²) in [6, 6.07) is 7.72. The van der Waals surface area contributed by atoms with E-state index in [1.807, 2.05) is 0 Å². The third-order valence-corrected chi connectivity index (χ3v) is 8.68. The van der Waals surface area contributed by atoms with Crippen LogP contribution < -0.4 is 0 Å². The summed E-state index contributed by atoms with van der Waals surface area (Å²) < 4.78 is 67.8. The topological polar surface area (TPSA) is 84.3 Å². The van der Waals surface area contributed by atoms with Crippen LogP contribution in [0.4, 0.5) is 13.2 Å². The maximum Gasteiger partial charge on any atom is 0.417 e. The molecule has 0 saturated heterocycles. The molecule has 1 saturated carbocycles. The number of benzene rings is 1. The zero-order chi connectivity index (χ0) is 22.8. The van der Waals surface area contributed by atoms with Crippen LogP contribution in [0.15, 0.2) is 42.6 Å². The minimum atomic E-state index is -4.78. The van der Waals surface area contributed by atoms with Gasteiger partial charge in [0.25, 0.3) is 0 Å². The minimum Gasteiger partial charge on any atom is -0.481 e. The van der Waals surface area contributed by atoms with Crippen molar-refractivity contribution in [1.82, 2.24) is 4.98 Å². The summed E-state index contributed by atoms with van der Waals surface area (Å²) in [5.74, 6) is -1.19. The summed E-state index contributed by atoms with van der Waals surface area (Å²) in [6.45, 7) is 2.82. The van der Waals surface area contributed by atoms with Gasteiger partial charge in [-0.25, -0.2) is 8.42 Å². The van der Waals surface area contributed by atoms with Crippen LogP contribution in [0, 0.1) is 5.41 Å². The van der Waals surface area contributed by atoms with Gasteiger partial charge in [0.2, 0.25) is 0 Å². The van der Waals surface area contributed by atoms with E-state index in [1.165, 1.54) is 32.2 Å². The van der Waals surface area contributed by atoms with Gasteiger partial charge in [0, 0.05) is 11.8 Å². The summed E-state index contributed by atoms with van der Waals surface area (Å²) in [5, 5.41) is 9.63. The molecule has 1 aromatic carbocycles. The van der Waals surface area contributed by atoms with Crippen molar-refractivity contribution in [1.29, 1.82) is 0 Å². The Kier molecular flexibility index (Phi) is 4.63. The van der Waals surface area contributed by atoms with E-state index in [0.29, 0.717) is 5.56 Å². The summed E-state index contributed by atoms with van der Waals surface area (Å²) in [7, 11) is -4.24. The van der Waals surface area contributed by atoms with Crippen molar-refractivity contribution in [2.75, 3.05) is 0 Å². The van der Waals surface area contributed by atoms with E-state index in [1.54, 1.807) is 12.1 Å². The lowest BCUT2D eigenvalue weighted by Crippen LogP contribution is -2.32. The Labute approximate surface area is 177 Å². The van der Waals surface area contributed by atoms with Crippen LogP contribution in [0.2, 0.25) is 0 Å². The Bertz CT molecular complexity index is 1230. The van der Waals surface area contributed by atoms with Gasteiger partial charge in [0.1, 0.15) is 4.75 Å². The van der Waals surface area contributed by atoms with Gasteiger partial charge in [-0.3, -0.25) is 9.78 Å². The third-order valence-electron chi connectivity index (χ3n) is 6.02. The van der Waals surface area contributed by atoms with Crippen LogP contribution in [0.3, 0.4) is 0 Å². The zero-order valence-corrected chi connectivity index (χ0v) is 17.6. The number of aromatic nitrogens is 1. The number of fused-ring (bicyclic) bond motifs is 2. The van der Waals surface area contributed by atoms with Gasteiger partial charge in [0.05, 0.1) is 21.6 Å². The molecule has 1 aliphatic heterocycles. The fourth-order valence-electron chi connectivity index (χ4n) is 4.19. The van der Waals surface area contributed by atoms with Gasteiger partial charge in [-0.1, -0.05) is 24.3 Å². The van der Waals surface area contributed by atoms with Crippen molar-refractivity contribution in [2.24, 2.45) is 5.41 Å². The quantitative estimate of drug-likeness (QED) is 0.716. The third kappa shape index (κ3) is 3.17. The van der Waals surface area contributed by atoms with Crippen LogP contribution in [-0.4, -0.2) is 24.5 Å². The largest absolute Gasteiger partial charge is 0.481 e. The summed E-state index contributed by atoms with van der Waals surface area (Å²) >= 11 is 0. The molecule has 1 fully saturated rings. The number of allylic oxidation sites excluding steroid dienone is 1. The van der Waals surface area contributed by atoms with Gasteiger partial charge in [-0.15, -0.1) is 0 Å². The molecule has 0 unspecified atom stereocenters. The Hall–Kier alpha value is -2.68. The number of carbonyl (C=O) groups is 1. The zero-order valence-electron chi connectivity index (χ0n) is 16.8. The number of hydrogen-bond acceptors (Lipinski definition) is 4. The Morgan fingerprint density at radius 1 is 1.13 bits per heavy atom. The molecule has 9 heteroatoms. The standard InChI is InChI=1S/C22H20F3NO4S/c1-20(2,19(27)28)12-14-17-16(8-5-11-26-17)21(9-10-21)31(29,30)18(14)13-6-3-4-7-15(13)22(23,24)25/h3-8,11H,9-10,12H2,1-2H3,(H,27,28). The Morgan fingerprint density at radius 2 is 1.77 bits per heavy atom. The molecule has 5 nitrogen and oxygen atoms in total. The van der Waals surface area contributed by atoms with E-state index in [2.05, 4.69) is 4.98 Å². The highest BCUT2D eigenvalue weighted by Crippen LogP contribution is 2.63. The van der Waals surface area contributed by atoms with E-state index >= 15 is 0 Å². The molecule has 31 heavy (non-hydrogen) atoms. The average molecular weight is 451 g/mol. The summed E-state index contributed by atoms with van der Waals surface area (Å²) in [5.41, 5.74) is -2.26.